The molecule has 0 unspecified atom stereocenters. The first-order chi connectivity index (χ1) is 13.0. The van der Waals surface area contributed by atoms with Crippen molar-refractivity contribution in [3.05, 3.63) is 93.4 Å². The van der Waals surface area contributed by atoms with Crippen LogP contribution in [0, 0.1) is 5.82 Å². The third-order valence-electron chi connectivity index (χ3n) is 4.05. The van der Waals surface area contributed by atoms with E-state index in [-0.39, 0.29) is 17.6 Å². The maximum absolute atomic E-state index is 13.3. The van der Waals surface area contributed by atoms with Crippen LogP contribution in [0.4, 0.5) is 4.39 Å². The Bertz CT molecular complexity index is 924. The number of nitrogens with zero attached hydrogens (tertiary/aromatic N) is 1. The molecule has 0 bridgehead atoms. The number of carbonyl (C=O) groups excluding carboxylic acids is 2. The fourth-order valence-corrected chi connectivity index (χ4v) is 3.28. The zero-order valence-corrected chi connectivity index (χ0v) is 15.6. The van der Waals surface area contributed by atoms with Crippen molar-refractivity contribution in [1.82, 2.24) is 10.2 Å². The van der Waals surface area contributed by atoms with E-state index in [4.69, 9.17) is 0 Å². The summed E-state index contributed by atoms with van der Waals surface area (Å²) in [4.78, 5) is 26.7. The number of hydrogen-bond donors (Lipinski definition) is 1. The molecule has 0 spiro atoms. The van der Waals surface area contributed by atoms with Crippen LogP contribution in [0.25, 0.3) is 0 Å². The van der Waals surface area contributed by atoms with Gasteiger partial charge in [-0.25, -0.2) is 4.39 Å². The summed E-state index contributed by atoms with van der Waals surface area (Å²) in [6.07, 6.45) is 0. The van der Waals surface area contributed by atoms with Crippen molar-refractivity contribution in [3.8, 4) is 0 Å². The molecule has 1 N–H and O–H groups in total. The Labute approximate surface area is 161 Å². The van der Waals surface area contributed by atoms with Gasteiger partial charge in [-0.3, -0.25) is 9.59 Å². The fourth-order valence-electron chi connectivity index (χ4n) is 2.64. The molecular weight excluding hydrogens is 363 g/mol. The van der Waals surface area contributed by atoms with Gasteiger partial charge in [0, 0.05) is 25.7 Å². The second-order valence-corrected chi connectivity index (χ2v) is 7.10. The maximum atomic E-state index is 13.3. The molecule has 0 fully saturated rings. The normalized spacial score (nSPS) is 10.4. The maximum Gasteiger partial charge on any atom is 0.261 e. The number of benzene rings is 2. The molecule has 27 heavy (non-hydrogen) atoms. The lowest BCUT2D eigenvalue weighted by Crippen LogP contribution is -2.26. The van der Waals surface area contributed by atoms with E-state index in [1.54, 1.807) is 42.3 Å². The lowest BCUT2D eigenvalue weighted by molar-refractivity contribution is 0.0784. The molecule has 3 rings (SSSR count). The first-order valence-corrected chi connectivity index (χ1v) is 9.31. The summed E-state index contributed by atoms with van der Waals surface area (Å²) in [5, 5.41) is 4.71. The van der Waals surface area contributed by atoms with Gasteiger partial charge < -0.3 is 10.2 Å². The summed E-state index contributed by atoms with van der Waals surface area (Å²) in [6.45, 7) is 0.722. The first kappa shape index (κ1) is 18.8. The van der Waals surface area contributed by atoms with Gasteiger partial charge in [0.05, 0.1) is 4.88 Å². The predicted molar refractivity (Wildman–Crippen MR) is 104 cm³/mol. The topological polar surface area (TPSA) is 49.4 Å². The molecular formula is C21H19FN2O2S. The number of nitrogens with one attached hydrogen (secondary N) is 1. The number of amides is 2. The van der Waals surface area contributed by atoms with Gasteiger partial charge in [0.25, 0.3) is 11.8 Å². The van der Waals surface area contributed by atoms with Crippen LogP contribution >= 0.6 is 11.3 Å². The van der Waals surface area contributed by atoms with Crippen LogP contribution in [0.5, 0.6) is 0 Å². The highest BCUT2D eigenvalue weighted by atomic mass is 32.1. The highest BCUT2D eigenvalue weighted by Crippen LogP contribution is 2.12. The summed E-state index contributed by atoms with van der Waals surface area (Å²) < 4.78 is 13.3. The quantitative estimate of drug-likeness (QED) is 0.698. The molecule has 0 radical (unpaired) electrons. The van der Waals surface area contributed by atoms with E-state index < -0.39 is 0 Å². The minimum Gasteiger partial charge on any atom is -0.347 e. The van der Waals surface area contributed by atoms with Gasteiger partial charge in [0.15, 0.2) is 0 Å². The van der Waals surface area contributed by atoms with Crippen LogP contribution < -0.4 is 5.32 Å². The van der Waals surface area contributed by atoms with Gasteiger partial charge in [-0.05, 0) is 46.8 Å². The molecule has 0 atom stereocenters. The lowest BCUT2D eigenvalue weighted by Gasteiger charge is -2.17. The number of halogens is 1. The third-order valence-corrected chi connectivity index (χ3v) is 4.92. The Kier molecular flexibility index (Phi) is 5.98. The van der Waals surface area contributed by atoms with Gasteiger partial charge in [-0.2, -0.15) is 0 Å². The van der Waals surface area contributed by atoms with Crippen molar-refractivity contribution < 1.29 is 14.0 Å². The number of hydrogen-bond acceptors (Lipinski definition) is 3. The summed E-state index contributed by atoms with van der Waals surface area (Å²) in [5.74, 6) is -0.573. The van der Waals surface area contributed by atoms with Crippen LogP contribution in [0.1, 0.15) is 31.2 Å². The molecule has 0 saturated heterocycles. The van der Waals surface area contributed by atoms with Gasteiger partial charge in [-0.15, -0.1) is 11.3 Å². The largest absolute Gasteiger partial charge is 0.347 e. The number of rotatable bonds is 6. The molecule has 0 aliphatic rings. The molecule has 3 aromatic rings. The molecule has 0 aliphatic heterocycles. The Morgan fingerprint density at radius 2 is 1.81 bits per heavy atom. The van der Waals surface area contributed by atoms with Crippen LogP contribution in [0.2, 0.25) is 0 Å². The molecule has 0 saturated carbocycles. The van der Waals surface area contributed by atoms with E-state index in [2.05, 4.69) is 5.32 Å². The van der Waals surface area contributed by atoms with Gasteiger partial charge in [0.2, 0.25) is 0 Å². The molecule has 0 aliphatic carbocycles. The Morgan fingerprint density at radius 3 is 2.48 bits per heavy atom. The number of thiophene rings is 1. The highest BCUT2D eigenvalue weighted by molar-refractivity contribution is 7.12. The van der Waals surface area contributed by atoms with Crippen molar-refractivity contribution >= 4 is 23.2 Å². The first-order valence-electron chi connectivity index (χ1n) is 8.43. The van der Waals surface area contributed by atoms with Crippen molar-refractivity contribution in [2.24, 2.45) is 0 Å². The van der Waals surface area contributed by atoms with Crippen molar-refractivity contribution in [3.63, 3.8) is 0 Å². The molecule has 4 nitrogen and oxygen atoms in total. The van der Waals surface area contributed by atoms with Crippen LogP contribution in [-0.2, 0) is 13.1 Å². The van der Waals surface area contributed by atoms with E-state index in [0.717, 1.165) is 11.1 Å². The van der Waals surface area contributed by atoms with E-state index >= 15 is 0 Å². The van der Waals surface area contributed by atoms with Gasteiger partial charge in [-0.1, -0.05) is 30.3 Å². The zero-order valence-electron chi connectivity index (χ0n) is 14.8. The molecule has 1 heterocycles. The summed E-state index contributed by atoms with van der Waals surface area (Å²) in [7, 11) is 1.68. The summed E-state index contributed by atoms with van der Waals surface area (Å²) in [5.41, 5.74) is 2.19. The zero-order chi connectivity index (χ0) is 19.2. The van der Waals surface area contributed by atoms with E-state index in [1.807, 2.05) is 23.6 Å². The Hall–Kier alpha value is -2.99. The monoisotopic (exact) mass is 382 g/mol. The average molecular weight is 382 g/mol. The number of carbonyl (C=O) groups is 2. The Balaban J connectivity index is 1.57. The molecule has 2 amide bonds. The highest BCUT2D eigenvalue weighted by Gasteiger charge is 2.12. The minimum atomic E-state index is -0.317. The van der Waals surface area contributed by atoms with E-state index in [9.17, 15) is 14.0 Å². The van der Waals surface area contributed by atoms with Crippen molar-refractivity contribution in [2.45, 2.75) is 13.1 Å². The predicted octanol–water partition coefficient (Wildman–Crippen LogP) is 4.09. The molecule has 138 valence electrons. The van der Waals surface area contributed by atoms with Gasteiger partial charge >= 0.3 is 0 Å². The minimum absolute atomic E-state index is 0.111. The van der Waals surface area contributed by atoms with Crippen molar-refractivity contribution in [1.29, 1.82) is 0 Å². The van der Waals surface area contributed by atoms with E-state index in [0.29, 0.717) is 23.5 Å². The lowest BCUT2D eigenvalue weighted by atomic mass is 10.1. The average Bonchev–Trinajstić information content (AvgIpc) is 3.21. The molecule has 2 aromatic carbocycles. The molecule has 6 heteroatoms. The fraction of sp³-hybridized carbons (Fsp3) is 0.143. The van der Waals surface area contributed by atoms with Gasteiger partial charge in [0.1, 0.15) is 5.82 Å². The second-order valence-electron chi connectivity index (χ2n) is 6.15. The summed E-state index contributed by atoms with van der Waals surface area (Å²) >= 11 is 1.39. The second kappa shape index (κ2) is 8.60. The van der Waals surface area contributed by atoms with Crippen LogP contribution in [0.3, 0.4) is 0 Å². The van der Waals surface area contributed by atoms with Crippen LogP contribution in [-0.4, -0.2) is 23.8 Å². The SMILES string of the molecule is CN(Cc1cccc(F)c1)C(=O)c1ccc(CNC(=O)c2cccs2)cc1. The summed E-state index contributed by atoms with van der Waals surface area (Å²) in [6, 6.07) is 16.9. The Morgan fingerprint density at radius 1 is 1.04 bits per heavy atom. The van der Waals surface area contributed by atoms with E-state index in [1.165, 1.54) is 23.5 Å². The van der Waals surface area contributed by atoms with Crippen molar-refractivity contribution in [2.75, 3.05) is 7.05 Å². The standard InChI is InChI=1S/C21H19FN2O2S/c1-24(14-16-4-2-5-18(22)12-16)21(26)17-9-7-15(8-10-17)13-23-20(25)19-6-3-11-27-19/h2-12H,13-14H2,1H3,(H,23,25). The third kappa shape index (κ3) is 5.01. The molecule has 1 aromatic heterocycles. The smallest absolute Gasteiger partial charge is 0.261 e. The van der Waals surface area contributed by atoms with Crippen LogP contribution in [0.15, 0.2) is 66.0 Å².